The molecule has 0 bridgehead atoms. The first kappa shape index (κ1) is 18.7. The number of nitrogens with zero attached hydrogens (tertiary/aromatic N) is 5. The molecule has 1 unspecified atom stereocenters. The molecule has 9 heteroatoms. The second kappa shape index (κ2) is 7.49. The van der Waals surface area contributed by atoms with E-state index >= 15 is 0 Å². The van der Waals surface area contributed by atoms with Crippen LogP contribution in [0, 0.1) is 10.6 Å². The van der Waals surface area contributed by atoms with Crippen LogP contribution in [0.4, 0.5) is 4.39 Å². The van der Waals surface area contributed by atoms with Crippen LogP contribution in [0.2, 0.25) is 0 Å². The summed E-state index contributed by atoms with van der Waals surface area (Å²) in [4.78, 5) is 18.1. The number of carbonyl (C=O) groups is 1. The average Bonchev–Trinajstić information content (AvgIpc) is 3.38. The predicted octanol–water partition coefficient (Wildman–Crippen LogP) is 3.74. The number of rotatable bonds is 3. The first-order valence-electron chi connectivity index (χ1n) is 9.77. The van der Waals surface area contributed by atoms with Gasteiger partial charge in [-0.3, -0.25) is 13.8 Å². The number of halogens is 1. The zero-order valence-electron chi connectivity index (χ0n) is 16.0. The Morgan fingerprint density at radius 3 is 2.83 bits per heavy atom. The summed E-state index contributed by atoms with van der Waals surface area (Å²) in [6.45, 7) is 1.21. The van der Waals surface area contributed by atoms with E-state index in [-0.39, 0.29) is 17.6 Å². The molecule has 1 atom stereocenters. The van der Waals surface area contributed by atoms with Crippen LogP contribution in [-0.2, 0) is 0 Å². The summed E-state index contributed by atoms with van der Waals surface area (Å²) in [5, 5.41) is 8.62. The normalized spacial score (nSPS) is 16.8. The van der Waals surface area contributed by atoms with Gasteiger partial charge in [0.25, 0.3) is 5.91 Å². The number of fused-ring (bicyclic) bond motifs is 1. The molecule has 0 saturated carbocycles. The van der Waals surface area contributed by atoms with Crippen molar-refractivity contribution in [3.63, 3.8) is 0 Å². The highest BCUT2D eigenvalue weighted by molar-refractivity contribution is 7.71. The van der Waals surface area contributed by atoms with Crippen LogP contribution in [0.15, 0.2) is 54.9 Å². The molecule has 4 aromatic rings. The maximum atomic E-state index is 13.4. The topological polar surface area (TPSA) is 71.2 Å². The quantitative estimate of drug-likeness (QED) is 0.511. The van der Waals surface area contributed by atoms with Crippen molar-refractivity contribution >= 4 is 23.8 Å². The number of likely N-dealkylation sites (tertiary alicyclic amines) is 1. The SMILES string of the molecule is O=C(c1c[nH]c(=S)n1-c1ccc(F)cc1)N1CCCC(c2nnc3ccccn23)C1. The van der Waals surface area contributed by atoms with Crippen LogP contribution in [0.1, 0.15) is 35.1 Å². The number of aromatic amines is 1. The van der Waals surface area contributed by atoms with Crippen LogP contribution >= 0.6 is 12.2 Å². The number of amides is 1. The Morgan fingerprint density at radius 2 is 2.00 bits per heavy atom. The van der Waals surface area contributed by atoms with Crippen LogP contribution in [0.5, 0.6) is 0 Å². The summed E-state index contributed by atoms with van der Waals surface area (Å²) in [5.41, 5.74) is 1.87. The highest BCUT2D eigenvalue weighted by atomic mass is 32.1. The molecule has 1 saturated heterocycles. The summed E-state index contributed by atoms with van der Waals surface area (Å²) in [6.07, 6.45) is 5.38. The van der Waals surface area contributed by atoms with E-state index in [1.54, 1.807) is 22.9 Å². The molecule has 5 rings (SSSR count). The summed E-state index contributed by atoms with van der Waals surface area (Å²) >= 11 is 5.37. The van der Waals surface area contributed by atoms with Gasteiger partial charge in [0.15, 0.2) is 10.4 Å². The fraction of sp³-hybridized carbons (Fsp3) is 0.238. The largest absolute Gasteiger partial charge is 0.337 e. The fourth-order valence-corrected chi connectivity index (χ4v) is 4.31. The lowest BCUT2D eigenvalue weighted by atomic mass is 9.97. The molecule has 30 heavy (non-hydrogen) atoms. The molecule has 0 radical (unpaired) electrons. The molecule has 1 amide bonds. The Bertz CT molecular complexity index is 1270. The van der Waals surface area contributed by atoms with E-state index in [1.165, 1.54) is 12.1 Å². The van der Waals surface area contributed by atoms with Crippen LogP contribution in [0.25, 0.3) is 11.3 Å². The highest BCUT2D eigenvalue weighted by Gasteiger charge is 2.30. The van der Waals surface area contributed by atoms with Crippen molar-refractivity contribution in [1.82, 2.24) is 29.0 Å². The first-order valence-corrected chi connectivity index (χ1v) is 10.2. The van der Waals surface area contributed by atoms with Gasteiger partial charge in [-0.1, -0.05) is 6.07 Å². The third-order valence-corrected chi connectivity index (χ3v) is 5.79. The number of hydrogen-bond donors (Lipinski definition) is 1. The Labute approximate surface area is 176 Å². The summed E-state index contributed by atoms with van der Waals surface area (Å²) in [6, 6.07) is 11.7. The number of aromatic nitrogens is 5. The lowest BCUT2D eigenvalue weighted by Gasteiger charge is -2.32. The van der Waals surface area contributed by atoms with Gasteiger partial charge in [-0.2, -0.15) is 0 Å². The molecule has 1 N–H and O–H groups in total. The van der Waals surface area contributed by atoms with Gasteiger partial charge < -0.3 is 9.88 Å². The van der Waals surface area contributed by atoms with Crippen molar-refractivity contribution in [1.29, 1.82) is 0 Å². The Kier molecular flexibility index (Phi) is 4.66. The van der Waals surface area contributed by atoms with Crippen molar-refractivity contribution in [2.75, 3.05) is 13.1 Å². The molecule has 1 aliphatic rings. The van der Waals surface area contributed by atoms with E-state index < -0.39 is 0 Å². The molecule has 4 heterocycles. The van der Waals surface area contributed by atoms with Crippen molar-refractivity contribution in [2.24, 2.45) is 0 Å². The number of nitrogens with one attached hydrogen (secondary N) is 1. The van der Waals surface area contributed by atoms with Gasteiger partial charge in [0.1, 0.15) is 17.3 Å². The van der Waals surface area contributed by atoms with E-state index in [0.29, 0.717) is 29.2 Å². The van der Waals surface area contributed by atoms with Gasteiger partial charge in [0, 0.05) is 37.1 Å². The maximum absolute atomic E-state index is 13.4. The second-order valence-corrected chi connectivity index (χ2v) is 7.75. The number of imidazole rings is 1. The lowest BCUT2D eigenvalue weighted by molar-refractivity contribution is 0.0696. The lowest BCUT2D eigenvalue weighted by Crippen LogP contribution is -2.40. The smallest absolute Gasteiger partial charge is 0.272 e. The van der Waals surface area contributed by atoms with Crippen molar-refractivity contribution in [3.05, 3.63) is 77.0 Å². The van der Waals surface area contributed by atoms with Gasteiger partial charge in [0.2, 0.25) is 0 Å². The minimum absolute atomic E-state index is 0.0984. The van der Waals surface area contributed by atoms with E-state index in [0.717, 1.165) is 24.3 Å². The van der Waals surface area contributed by atoms with Crippen molar-refractivity contribution in [3.8, 4) is 5.69 Å². The van der Waals surface area contributed by atoms with Gasteiger partial charge >= 0.3 is 0 Å². The van der Waals surface area contributed by atoms with Gasteiger partial charge in [-0.15, -0.1) is 10.2 Å². The molecule has 152 valence electrons. The molecule has 1 aromatic carbocycles. The van der Waals surface area contributed by atoms with E-state index in [2.05, 4.69) is 15.2 Å². The Hall–Kier alpha value is -3.33. The zero-order valence-corrected chi connectivity index (χ0v) is 16.8. The molecule has 0 aliphatic carbocycles. The monoisotopic (exact) mass is 422 g/mol. The molecule has 1 fully saturated rings. The predicted molar refractivity (Wildman–Crippen MR) is 112 cm³/mol. The number of carbonyl (C=O) groups excluding carboxylic acids is 1. The highest BCUT2D eigenvalue weighted by Crippen LogP contribution is 2.27. The van der Waals surface area contributed by atoms with E-state index in [9.17, 15) is 9.18 Å². The molecule has 7 nitrogen and oxygen atoms in total. The zero-order chi connectivity index (χ0) is 20.7. The minimum atomic E-state index is -0.340. The molecule has 3 aromatic heterocycles. The number of piperidine rings is 1. The number of benzene rings is 1. The Balaban J connectivity index is 1.45. The van der Waals surface area contributed by atoms with Gasteiger partial charge in [-0.25, -0.2) is 4.39 Å². The van der Waals surface area contributed by atoms with Crippen LogP contribution in [-0.4, -0.2) is 48.0 Å². The van der Waals surface area contributed by atoms with E-state index in [4.69, 9.17) is 12.2 Å². The third kappa shape index (κ3) is 3.21. The molecule has 1 aliphatic heterocycles. The molecular weight excluding hydrogens is 403 g/mol. The average molecular weight is 422 g/mol. The first-order chi connectivity index (χ1) is 14.6. The van der Waals surface area contributed by atoms with Crippen molar-refractivity contribution < 1.29 is 9.18 Å². The fourth-order valence-electron chi connectivity index (χ4n) is 4.05. The molecule has 0 spiro atoms. The number of pyridine rings is 1. The summed E-state index contributed by atoms with van der Waals surface area (Å²) in [5.74, 6) is 0.507. The summed E-state index contributed by atoms with van der Waals surface area (Å²) in [7, 11) is 0. The van der Waals surface area contributed by atoms with Crippen LogP contribution < -0.4 is 0 Å². The Morgan fingerprint density at radius 1 is 1.17 bits per heavy atom. The van der Waals surface area contributed by atoms with Gasteiger partial charge in [0.05, 0.1) is 0 Å². The minimum Gasteiger partial charge on any atom is -0.337 e. The third-order valence-electron chi connectivity index (χ3n) is 5.49. The van der Waals surface area contributed by atoms with Crippen LogP contribution in [0.3, 0.4) is 0 Å². The maximum Gasteiger partial charge on any atom is 0.272 e. The number of hydrogen-bond acceptors (Lipinski definition) is 4. The second-order valence-electron chi connectivity index (χ2n) is 7.37. The van der Waals surface area contributed by atoms with Crippen molar-refractivity contribution in [2.45, 2.75) is 18.8 Å². The molecular formula is C21H19FN6OS. The number of H-pyrrole nitrogens is 1. The standard InChI is InChI=1S/C21H19FN6OS/c22-15-6-8-16(9-7-15)28-17(12-23-21(28)30)20(29)26-10-3-4-14(13-26)19-25-24-18-5-1-2-11-27(18)19/h1-2,5-9,11-12,14H,3-4,10,13H2,(H,23,30). The van der Waals surface area contributed by atoms with Gasteiger partial charge in [-0.05, 0) is 61.5 Å². The summed E-state index contributed by atoms with van der Waals surface area (Å²) < 4.78 is 17.4. The van der Waals surface area contributed by atoms with E-state index in [1.807, 2.05) is 33.7 Å².